The standard InChI is InChI=1S/C11H6ClN3/c12-11-10(14-4-5-15-11)9-3-1-2-8(6-9)7-13/h1-6H. The lowest BCUT2D eigenvalue weighted by Crippen LogP contribution is -1.87. The molecule has 1 aromatic carbocycles. The summed E-state index contributed by atoms with van der Waals surface area (Å²) in [5.74, 6) is 0. The Labute approximate surface area is 92.0 Å². The second kappa shape index (κ2) is 4.07. The summed E-state index contributed by atoms with van der Waals surface area (Å²) >= 11 is 5.90. The van der Waals surface area contributed by atoms with E-state index in [4.69, 9.17) is 16.9 Å². The summed E-state index contributed by atoms with van der Waals surface area (Å²) in [7, 11) is 0. The van der Waals surface area contributed by atoms with Crippen LogP contribution < -0.4 is 0 Å². The van der Waals surface area contributed by atoms with Gasteiger partial charge in [0.2, 0.25) is 0 Å². The van der Waals surface area contributed by atoms with Crippen molar-refractivity contribution in [3.63, 3.8) is 0 Å². The van der Waals surface area contributed by atoms with Gasteiger partial charge >= 0.3 is 0 Å². The first kappa shape index (κ1) is 9.63. The van der Waals surface area contributed by atoms with Gasteiger partial charge in [0, 0.05) is 18.0 Å². The number of rotatable bonds is 1. The quantitative estimate of drug-likeness (QED) is 0.735. The van der Waals surface area contributed by atoms with Gasteiger partial charge in [-0.2, -0.15) is 5.26 Å². The van der Waals surface area contributed by atoms with Crippen molar-refractivity contribution in [1.29, 1.82) is 5.26 Å². The minimum Gasteiger partial charge on any atom is -0.251 e. The third-order valence-electron chi connectivity index (χ3n) is 1.92. The lowest BCUT2D eigenvalue weighted by atomic mass is 10.1. The molecule has 1 heterocycles. The molecule has 0 saturated heterocycles. The third-order valence-corrected chi connectivity index (χ3v) is 2.20. The van der Waals surface area contributed by atoms with Gasteiger partial charge in [0.15, 0.2) is 5.15 Å². The van der Waals surface area contributed by atoms with Crippen molar-refractivity contribution in [3.8, 4) is 17.3 Å². The zero-order chi connectivity index (χ0) is 10.7. The SMILES string of the molecule is N#Cc1cccc(-c2nccnc2Cl)c1. The van der Waals surface area contributed by atoms with Crippen LogP contribution in [0.25, 0.3) is 11.3 Å². The molecule has 0 atom stereocenters. The highest BCUT2D eigenvalue weighted by molar-refractivity contribution is 6.31. The summed E-state index contributed by atoms with van der Waals surface area (Å²) in [4.78, 5) is 8.05. The average molecular weight is 216 g/mol. The van der Waals surface area contributed by atoms with E-state index >= 15 is 0 Å². The largest absolute Gasteiger partial charge is 0.251 e. The minimum atomic E-state index is 0.340. The van der Waals surface area contributed by atoms with Crippen LogP contribution in [0, 0.1) is 11.3 Å². The van der Waals surface area contributed by atoms with Crippen LogP contribution in [0.2, 0.25) is 5.15 Å². The van der Waals surface area contributed by atoms with Crippen molar-refractivity contribution in [2.75, 3.05) is 0 Å². The Kier molecular flexibility index (Phi) is 2.61. The van der Waals surface area contributed by atoms with Crippen LogP contribution in [0.3, 0.4) is 0 Å². The summed E-state index contributed by atoms with van der Waals surface area (Å²) < 4.78 is 0. The van der Waals surface area contributed by atoms with Crippen LogP contribution in [0.1, 0.15) is 5.56 Å². The van der Waals surface area contributed by atoms with Crippen LogP contribution in [0.5, 0.6) is 0 Å². The van der Waals surface area contributed by atoms with Gasteiger partial charge in [0.05, 0.1) is 11.6 Å². The molecule has 0 amide bonds. The normalized spacial score (nSPS) is 9.60. The van der Waals surface area contributed by atoms with Crippen molar-refractivity contribution < 1.29 is 0 Å². The van der Waals surface area contributed by atoms with E-state index in [1.54, 1.807) is 24.4 Å². The first-order valence-electron chi connectivity index (χ1n) is 4.28. The lowest BCUT2D eigenvalue weighted by Gasteiger charge is -2.01. The molecule has 0 radical (unpaired) electrons. The Morgan fingerprint density at radius 3 is 2.73 bits per heavy atom. The Bertz CT molecular complexity index is 531. The Balaban J connectivity index is 2.55. The summed E-state index contributed by atoms with van der Waals surface area (Å²) in [5, 5.41) is 9.10. The number of aromatic nitrogens is 2. The number of nitrogens with zero attached hydrogens (tertiary/aromatic N) is 3. The molecule has 0 unspecified atom stereocenters. The molecule has 0 aliphatic heterocycles. The van der Waals surface area contributed by atoms with E-state index in [9.17, 15) is 0 Å². The third kappa shape index (κ3) is 1.95. The Morgan fingerprint density at radius 2 is 2.00 bits per heavy atom. The first-order valence-corrected chi connectivity index (χ1v) is 4.66. The van der Waals surface area contributed by atoms with Crippen LogP contribution in [0.15, 0.2) is 36.7 Å². The zero-order valence-electron chi connectivity index (χ0n) is 7.68. The molecule has 72 valence electrons. The number of halogens is 1. The van der Waals surface area contributed by atoms with Crippen molar-refractivity contribution in [1.82, 2.24) is 9.97 Å². The van der Waals surface area contributed by atoms with E-state index in [1.807, 2.05) is 6.07 Å². The van der Waals surface area contributed by atoms with Crippen molar-refractivity contribution in [2.24, 2.45) is 0 Å². The van der Waals surface area contributed by atoms with Gasteiger partial charge in [-0.25, -0.2) is 4.98 Å². The van der Waals surface area contributed by atoms with Gasteiger partial charge in [-0.15, -0.1) is 0 Å². The topological polar surface area (TPSA) is 49.6 Å². The lowest BCUT2D eigenvalue weighted by molar-refractivity contribution is 1.20. The van der Waals surface area contributed by atoms with Crippen molar-refractivity contribution >= 4 is 11.6 Å². The van der Waals surface area contributed by atoms with E-state index in [0.29, 0.717) is 16.4 Å². The summed E-state index contributed by atoms with van der Waals surface area (Å²) in [5.41, 5.74) is 1.97. The predicted octanol–water partition coefficient (Wildman–Crippen LogP) is 2.67. The van der Waals surface area contributed by atoms with Crippen LogP contribution in [-0.2, 0) is 0 Å². The fourth-order valence-corrected chi connectivity index (χ4v) is 1.46. The Hall–Kier alpha value is -1.92. The maximum Gasteiger partial charge on any atom is 0.155 e. The molecule has 0 fully saturated rings. The molecule has 3 nitrogen and oxygen atoms in total. The Morgan fingerprint density at radius 1 is 1.20 bits per heavy atom. The van der Waals surface area contributed by atoms with Gasteiger partial charge in [0.1, 0.15) is 5.69 Å². The van der Waals surface area contributed by atoms with Gasteiger partial charge < -0.3 is 0 Å². The monoisotopic (exact) mass is 215 g/mol. The van der Waals surface area contributed by atoms with Crippen LogP contribution >= 0.6 is 11.6 Å². The first-order chi connectivity index (χ1) is 7.31. The molecule has 0 N–H and O–H groups in total. The highest BCUT2D eigenvalue weighted by atomic mass is 35.5. The highest BCUT2D eigenvalue weighted by Crippen LogP contribution is 2.23. The second-order valence-electron chi connectivity index (χ2n) is 2.89. The second-order valence-corrected chi connectivity index (χ2v) is 3.25. The molecular formula is C11H6ClN3. The predicted molar refractivity (Wildman–Crippen MR) is 57.2 cm³/mol. The van der Waals surface area contributed by atoms with Gasteiger partial charge in [-0.1, -0.05) is 23.7 Å². The maximum atomic E-state index is 8.76. The number of benzene rings is 1. The minimum absolute atomic E-state index is 0.340. The van der Waals surface area contributed by atoms with Crippen molar-refractivity contribution in [3.05, 3.63) is 47.4 Å². The van der Waals surface area contributed by atoms with Gasteiger partial charge in [0.25, 0.3) is 0 Å². The molecule has 0 saturated carbocycles. The number of hydrogen-bond donors (Lipinski definition) is 0. The molecule has 0 spiro atoms. The highest BCUT2D eigenvalue weighted by Gasteiger charge is 2.05. The molecule has 1 aromatic heterocycles. The van der Waals surface area contributed by atoms with E-state index in [-0.39, 0.29) is 0 Å². The fraction of sp³-hybridized carbons (Fsp3) is 0. The van der Waals surface area contributed by atoms with E-state index < -0.39 is 0 Å². The molecular weight excluding hydrogens is 210 g/mol. The summed E-state index contributed by atoms with van der Waals surface area (Å²) in [6, 6.07) is 9.16. The van der Waals surface area contributed by atoms with Crippen LogP contribution in [-0.4, -0.2) is 9.97 Å². The van der Waals surface area contributed by atoms with E-state index in [0.717, 1.165) is 5.56 Å². The summed E-state index contributed by atoms with van der Waals surface area (Å²) in [6.45, 7) is 0. The zero-order valence-corrected chi connectivity index (χ0v) is 8.44. The molecule has 15 heavy (non-hydrogen) atoms. The molecule has 4 heteroatoms. The van der Waals surface area contributed by atoms with Crippen molar-refractivity contribution in [2.45, 2.75) is 0 Å². The molecule has 2 aromatic rings. The fourth-order valence-electron chi connectivity index (χ4n) is 1.25. The molecule has 0 bridgehead atoms. The number of nitriles is 1. The van der Waals surface area contributed by atoms with E-state index in [1.165, 1.54) is 6.20 Å². The van der Waals surface area contributed by atoms with Gasteiger partial charge in [-0.05, 0) is 12.1 Å². The smallest absolute Gasteiger partial charge is 0.155 e. The molecule has 0 aliphatic carbocycles. The maximum absolute atomic E-state index is 8.76. The van der Waals surface area contributed by atoms with E-state index in [2.05, 4.69) is 16.0 Å². The average Bonchev–Trinajstić information content (AvgIpc) is 2.30. The molecule has 0 aliphatic rings. The van der Waals surface area contributed by atoms with Crippen LogP contribution in [0.4, 0.5) is 0 Å². The van der Waals surface area contributed by atoms with Gasteiger partial charge in [-0.3, -0.25) is 4.98 Å². The number of hydrogen-bond acceptors (Lipinski definition) is 3. The summed E-state index contributed by atoms with van der Waals surface area (Å²) in [6.07, 6.45) is 3.10. The molecule has 2 rings (SSSR count).